The third-order valence-electron chi connectivity index (χ3n) is 4.92. The Labute approximate surface area is 193 Å². The molecular formula is C25H17BrClNO3. The van der Waals surface area contributed by atoms with E-state index < -0.39 is 5.97 Å². The zero-order chi connectivity index (χ0) is 22.0. The molecule has 1 heterocycles. The first kappa shape index (κ1) is 21.2. The van der Waals surface area contributed by atoms with Crippen LogP contribution in [-0.2, 0) is 4.74 Å². The third-order valence-corrected chi connectivity index (χ3v) is 5.65. The lowest BCUT2D eigenvalue weighted by molar-refractivity contribution is 0.0476. The second-order valence-electron chi connectivity index (χ2n) is 7.00. The van der Waals surface area contributed by atoms with Gasteiger partial charge in [-0.2, -0.15) is 0 Å². The van der Waals surface area contributed by atoms with Gasteiger partial charge in [0.05, 0.1) is 16.8 Å². The Morgan fingerprint density at radius 3 is 2.55 bits per heavy atom. The van der Waals surface area contributed by atoms with Crippen LogP contribution in [0.1, 0.15) is 26.3 Å². The largest absolute Gasteiger partial charge is 0.454 e. The average molecular weight is 495 g/mol. The number of ketones is 1. The molecule has 4 aromatic rings. The van der Waals surface area contributed by atoms with Crippen molar-refractivity contribution in [2.45, 2.75) is 6.92 Å². The molecule has 0 saturated carbocycles. The van der Waals surface area contributed by atoms with Crippen LogP contribution in [0.4, 0.5) is 0 Å². The van der Waals surface area contributed by atoms with Crippen LogP contribution in [0.5, 0.6) is 0 Å². The zero-order valence-corrected chi connectivity index (χ0v) is 18.9. The molecule has 0 amide bonds. The van der Waals surface area contributed by atoms with E-state index in [1.807, 2.05) is 49.4 Å². The first-order valence-corrected chi connectivity index (χ1v) is 10.7. The van der Waals surface area contributed by atoms with E-state index in [2.05, 4.69) is 15.9 Å². The lowest BCUT2D eigenvalue weighted by Gasteiger charge is -2.14. The highest BCUT2D eigenvalue weighted by Crippen LogP contribution is 2.31. The van der Waals surface area contributed by atoms with Crippen LogP contribution < -0.4 is 0 Å². The summed E-state index contributed by atoms with van der Waals surface area (Å²) in [5, 5.41) is 1.25. The van der Waals surface area contributed by atoms with Crippen molar-refractivity contribution in [1.82, 2.24) is 4.98 Å². The predicted octanol–water partition coefficient (Wildman–Crippen LogP) is 6.67. The number of esters is 1. The van der Waals surface area contributed by atoms with Crippen molar-refractivity contribution < 1.29 is 14.3 Å². The van der Waals surface area contributed by atoms with Crippen molar-refractivity contribution in [3.8, 4) is 11.3 Å². The normalized spacial score (nSPS) is 10.8. The number of hydrogen-bond donors (Lipinski definition) is 0. The molecule has 0 radical (unpaired) electrons. The molecule has 0 bridgehead atoms. The van der Waals surface area contributed by atoms with E-state index in [1.165, 1.54) is 0 Å². The maximum absolute atomic E-state index is 13.1. The number of halogens is 2. The van der Waals surface area contributed by atoms with E-state index in [9.17, 15) is 9.59 Å². The van der Waals surface area contributed by atoms with Crippen molar-refractivity contribution >= 4 is 50.2 Å². The molecule has 6 heteroatoms. The van der Waals surface area contributed by atoms with Gasteiger partial charge in [0.1, 0.15) is 0 Å². The summed E-state index contributed by atoms with van der Waals surface area (Å²) in [7, 11) is 0. The molecular weight excluding hydrogens is 478 g/mol. The van der Waals surface area contributed by atoms with E-state index in [-0.39, 0.29) is 12.4 Å². The Bertz CT molecular complexity index is 1320. The highest BCUT2D eigenvalue weighted by molar-refractivity contribution is 9.10. The van der Waals surface area contributed by atoms with Gasteiger partial charge in [0.2, 0.25) is 0 Å². The topological polar surface area (TPSA) is 56.3 Å². The number of benzene rings is 3. The molecule has 154 valence electrons. The van der Waals surface area contributed by atoms with Gasteiger partial charge in [-0.05, 0) is 42.8 Å². The maximum atomic E-state index is 13.1. The number of para-hydroxylation sites is 1. The second-order valence-corrected chi connectivity index (χ2v) is 8.35. The average Bonchev–Trinajstić information content (AvgIpc) is 2.76. The molecule has 0 fully saturated rings. The second kappa shape index (κ2) is 9.00. The molecule has 0 unspecified atom stereocenters. The molecule has 4 rings (SSSR count). The molecule has 0 aliphatic rings. The number of pyridine rings is 1. The zero-order valence-electron chi connectivity index (χ0n) is 16.6. The number of hydrogen-bond acceptors (Lipinski definition) is 4. The number of ether oxygens (including phenoxy) is 1. The Balaban J connectivity index is 1.71. The van der Waals surface area contributed by atoms with Gasteiger partial charge in [0.15, 0.2) is 12.4 Å². The van der Waals surface area contributed by atoms with Gasteiger partial charge in [-0.25, -0.2) is 9.78 Å². The number of fused-ring (bicyclic) bond motifs is 1. The summed E-state index contributed by atoms with van der Waals surface area (Å²) in [4.78, 5) is 30.3. The minimum atomic E-state index is -0.567. The number of carbonyl (C=O) groups is 2. The molecule has 0 N–H and O–H groups in total. The van der Waals surface area contributed by atoms with Crippen LogP contribution in [0.25, 0.3) is 22.2 Å². The molecule has 4 nitrogen and oxygen atoms in total. The van der Waals surface area contributed by atoms with Crippen LogP contribution >= 0.6 is 27.5 Å². The lowest BCUT2D eigenvalue weighted by Crippen LogP contribution is -2.16. The molecule has 3 aromatic carbocycles. The monoisotopic (exact) mass is 493 g/mol. The first-order chi connectivity index (χ1) is 14.9. The van der Waals surface area contributed by atoms with Crippen molar-refractivity contribution in [3.05, 3.63) is 99.0 Å². The fourth-order valence-corrected chi connectivity index (χ4v) is 4.03. The highest BCUT2D eigenvalue weighted by atomic mass is 79.9. The quantitative estimate of drug-likeness (QED) is 0.230. The van der Waals surface area contributed by atoms with Crippen molar-refractivity contribution in [1.29, 1.82) is 0 Å². The summed E-state index contributed by atoms with van der Waals surface area (Å²) in [6.45, 7) is 1.47. The minimum absolute atomic E-state index is 0.277. The van der Waals surface area contributed by atoms with Crippen LogP contribution in [0.2, 0.25) is 5.02 Å². The Kier molecular flexibility index (Phi) is 6.16. The number of Topliss-reactive ketones (excluding diaryl/α,β-unsaturated/α-hetero) is 1. The Hall–Kier alpha value is -3.02. The van der Waals surface area contributed by atoms with Gasteiger partial charge in [-0.15, -0.1) is 0 Å². The van der Waals surface area contributed by atoms with E-state index in [0.717, 1.165) is 10.0 Å². The summed E-state index contributed by atoms with van der Waals surface area (Å²) in [6, 6.07) is 21.6. The summed E-state index contributed by atoms with van der Waals surface area (Å²) in [5.41, 5.74) is 3.64. The summed E-state index contributed by atoms with van der Waals surface area (Å²) >= 11 is 9.50. The fraction of sp³-hybridized carbons (Fsp3) is 0.0800. The molecule has 1 aromatic heterocycles. The minimum Gasteiger partial charge on any atom is -0.454 e. The van der Waals surface area contributed by atoms with Gasteiger partial charge < -0.3 is 4.74 Å². The third kappa shape index (κ3) is 4.53. The van der Waals surface area contributed by atoms with Crippen LogP contribution in [-0.4, -0.2) is 23.3 Å². The maximum Gasteiger partial charge on any atom is 0.339 e. The summed E-state index contributed by atoms with van der Waals surface area (Å²) in [5.74, 6) is -0.844. The van der Waals surface area contributed by atoms with Crippen molar-refractivity contribution in [3.63, 3.8) is 0 Å². The number of carbonyl (C=O) groups excluding carboxylic acids is 2. The number of aromatic nitrogens is 1. The van der Waals surface area contributed by atoms with Crippen molar-refractivity contribution in [2.24, 2.45) is 0 Å². The smallest absolute Gasteiger partial charge is 0.339 e. The first-order valence-electron chi connectivity index (χ1n) is 9.55. The molecule has 31 heavy (non-hydrogen) atoms. The summed E-state index contributed by atoms with van der Waals surface area (Å²) < 4.78 is 6.21. The van der Waals surface area contributed by atoms with E-state index >= 15 is 0 Å². The highest BCUT2D eigenvalue weighted by Gasteiger charge is 2.21. The Morgan fingerprint density at radius 1 is 1.00 bits per heavy atom. The molecule has 0 spiro atoms. The van der Waals surface area contributed by atoms with E-state index in [1.54, 1.807) is 30.3 Å². The molecule has 0 aliphatic heterocycles. The molecule has 0 saturated heterocycles. The lowest BCUT2D eigenvalue weighted by atomic mass is 9.98. The predicted molar refractivity (Wildman–Crippen MR) is 126 cm³/mol. The van der Waals surface area contributed by atoms with Gasteiger partial charge in [-0.3, -0.25) is 4.79 Å². The van der Waals surface area contributed by atoms with Crippen LogP contribution in [0.15, 0.2) is 77.3 Å². The van der Waals surface area contributed by atoms with Crippen LogP contribution in [0.3, 0.4) is 0 Å². The standard InChI is InChI=1S/C25H17BrClNO3/c1-15-23(25(30)31-14-22(29)16-6-4-8-18(26)12-16)20-10-2-3-11-21(20)28-24(15)17-7-5-9-19(27)13-17/h2-13H,14H2,1H3. The van der Waals surface area contributed by atoms with Gasteiger partial charge in [-0.1, -0.05) is 70.0 Å². The van der Waals surface area contributed by atoms with Crippen molar-refractivity contribution in [2.75, 3.05) is 6.61 Å². The number of rotatable bonds is 5. The van der Waals surface area contributed by atoms with Gasteiger partial charge >= 0.3 is 5.97 Å². The van der Waals surface area contributed by atoms with Crippen LogP contribution in [0, 0.1) is 6.92 Å². The fourth-order valence-electron chi connectivity index (χ4n) is 3.44. The van der Waals surface area contributed by atoms with E-state index in [0.29, 0.717) is 38.3 Å². The Morgan fingerprint density at radius 2 is 1.77 bits per heavy atom. The van der Waals surface area contributed by atoms with Gasteiger partial charge in [0.25, 0.3) is 0 Å². The molecule has 0 aliphatic carbocycles. The van der Waals surface area contributed by atoms with E-state index in [4.69, 9.17) is 21.3 Å². The summed E-state index contributed by atoms with van der Waals surface area (Å²) in [6.07, 6.45) is 0. The molecule has 0 atom stereocenters. The number of nitrogens with zero attached hydrogens (tertiary/aromatic N) is 1. The SMILES string of the molecule is Cc1c(-c2cccc(Cl)c2)nc2ccccc2c1C(=O)OCC(=O)c1cccc(Br)c1. The van der Waals surface area contributed by atoms with Gasteiger partial charge in [0, 0.05) is 26.0 Å².